The maximum Gasteiger partial charge on any atom is 0.335 e. The Labute approximate surface area is 121 Å². The van der Waals surface area contributed by atoms with Crippen LogP contribution in [0.15, 0.2) is 53.4 Å². The second-order valence-corrected chi connectivity index (χ2v) is 5.42. The molecule has 1 N–H and O–H groups in total. The molecule has 0 spiro atoms. The van der Waals surface area contributed by atoms with Gasteiger partial charge in [-0.05, 0) is 36.8 Å². The normalized spacial score (nSPS) is 10.2. The predicted molar refractivity (Wildman–Crippen MR) is 79.4 cm³/mol. The van der Waals surface area contributed by atoms with E-state index >= 15 is 0 Å². The number of ketones is 1. The summed E-state index contributed by atoms with van der Waals surface area (Å²) in [6, 6.07) is 14.3. The van der Waals surface area contributed by atoms with Crippen LogP contribution in [0.1, 0.15) is 33.2 Å². The van der Waals surface area contributed by atoms with Crippen LogP contribution in [-0.2, 0) is 5.75 Å². The highest BCUT2D eigenvalue weighted by Gasteiger charge is 2.04. The Morgan fingerprint density at radius 3 is 2.35 bits per heavy atom. The molecule has 0 aliphatic heterocycles. The van der Waals surface area contributed by atoms with Crippen LogP contribution in [-0.4, -0.2) is 16.9 Å². The highest BCUT2D eigenvalue weighted by molar-refractivity contribution is 7.98. The molecule has 0 atom stereocenters. The summed E-state index contributed by atoms with van der Waals surface area (Å²) in [6.07, 6.45) is 0. The smallest absolute Gasteiger partial charge is 0.335 e. The summed E-state index contributed by atoms with van der Waals surface area (Å²) >= 11 is 1.61. The zero-order valence-electron chi connectivity index (χ0n) is 11.0. The third-order valence-corrected chi connectivity index (χ3v) is 3.92. The van der Waals surface area contributed by atoms with E-state index in [1.165, 1.54) is 0 Å². The largest absolute Gasteiger partial charge is 0.478 e. The van der Waals surface area contributed by atoms with Gasteiger partial charge in [-0.1, -0.05) is 24.3 Å². The van der Waals surface area contributed by atoms with E-state index in [4.69, 9.17) is 5.11 Å². The Kier molecular flexibility index (Phi) is 4.58. The molecule has 0 aromatic heterocycles. The van der Waals surface area contributed by atoms with Crippen LogP contribution in [0.3, 0.4) is 0 Å². The molecule has 2 aromatic carbocycles. The van der Waals surface area contributed by atoms with Gasteiger partial charge in [-0.15, -0.1) is 11.8 Å². The number of Topliss-reactive ketones (excluding diaryl/α,β-unsaturated/α-hetero) is 1. The van der Waals surface area contributed by atoms with E-state index < -0.39 is 5.97 Å². The Hall–Kier alpha value is -2.07. The van der Waals surface area contributed by atoms with Crippen LogP contribution < -0.4 is 0 Å². The van der Waals surface area contributed by atoms with E-state index in [0.29, 0.717) is 16.9 Å². The molecule has 2 rings (SSSR count). The second-order valence-electron chi connectivity index (χ2n) is 4.37. The first-order valence-corrected chi connectivity index (χ1v) is 7.11. The molecule has 20 heavy (non-hydrogen) atoms. The fourth-order valence-corrected chi connectivity index (χ4v) is 2.59. The van der Waals surface area contributed by atoms with Gasteiger partial charge in [0, 0.05) is 16.2 Å². The van der Waals surface area contributed by atoms with Gasteiger partial charge in [-0.2, -0.15) is 0 Å². The van der Waals surface area contributed by atoms with Crippen LogP contribution >= 0.6 is 11.8 Å². The summed E-state index contributed by atoms with van der Waals surface area (Å²) in [5.74, 6) is -0.168. The summed E-state index contributed by atoms with van der Waals surface area (Å²) < 4.78 is 0. The summed E-state index contributed by atoms with van der Waals surface area (Å²) in [5, 5.41) is 8.94. The molecular formula is C16H14O3S. The maximum atomic E-state index is 11.2. The lowest BCUT2D eigenvalue weighted by Gasteiger charge is -2.04. The minimum atomic E-state index is -0.914. The first kappa shape index (κ1) is 14.3. The monoisotopic (exact) mass is 286 g/mol. The lowest BCUT2D eigenvalue weighted by atomic mass is 10.1. The molecular weight excluding hydrogens is 272 g/mol. The minimum Gasteiger partial charge on any atom is -0.478 e. The van der Waals surface area contributed by atoms with Gasteiger partial charge in [0.1, 0.15) is 0 Å². The molecule has 0 fully saturated rings. The second kappa shape index (κ2) is 6.39. The van der Waals surface area contributed by atoms with Crippen molar-refractivity contribution in [1.29, 1.82) is 0 Å². The number of benzene rings is 2. The van der Waals surface area contributed by atoms with Crippen molar-refractivity contribution in [2.45, 2.75) is 17.6 Å². The van der Waals surface area contributed by atoms with Crippen molar-refractivity contribution in [2.24, 2.45) is 0 Å². The van der Waals surface area contributed by atoms with E-state index in [1.807, 2.05) is 18.2 Å². The van der Waals surface area contributed by atoms with Gasteiger partial charge in [-0.3, -0.25) is 4.79 Å². The Morgan fingerprint density at radius 1 is 1.05 bits per heavy atom. The number of aromatic carboxylic acids is 1. The number of carbonyl (C=O) groups excluding carboxylic acids is 1. The molecule has 102 valence electrons. The van der Waals surface area contributed by atoms with Crippen molar-refractivity contribution in [3.63, 3.8) is 0 Å². The molecule has 2 aromatic rings. The molecule has 0 aliphatic carbocycles. The number of carboxylic acid groups (broad SMARTS) is 1. The predicted octanol–water partition coefficient (Wildman–Crippen LogP) is 3.88. The zero-order chi connectivity index (χ0) is 14.5. The van der Waals surface area contributed by atoms with Crippen molar-refractivity contribution in [2.75, 3.05) is 0 Å². The summed E-state index contributed by atoms with van der Waals surface area (Å²) in [5.41, 5.74) is 1.96. The van der Waals surface area contributed by atoms with Gasteiger partial charge < -0.3 is 5.11 Å². The SMILES string of the molecule is CC(=O)c1ccc(SCc2cccc(C(=O)O)c2)cc1. The first-order valence-electron chi connectivity index (χ1n) is 6.12. The van der Waals surface area contributed by atoms with E-state index in [9.17, 15) is 9.59 Å². The molecule has 0 saturated heterocycles. The number of carbonyl (C=O) groups is 2. The van der Waals surface area contributed by atoms with Gasteiger partial charge in [-0.25, -0.2) is 4.79 Å². The topological polar surface area (TPSA) is 54.4 Å². The molecule has 0 radical (unpaired) electrons. The summed E-state index contributed by atoms with van der Waals surface area (Å²) in [4.78, 5) is 23.1. The third-order valence-electron chi connectivity index (χ3n) is 2.84. The molecule has 4 heteroatoms. The Balaban J connectivity index is 2.03. The van der Waals surface area contributed by atoms with Crippen molar-refractivity contribution in [3.05, 3.63) is 65.2 Å². The molecule has 0 amide bonds. The number of thioether (sulfide) groups is 1. The average molecular weight is 286 g/mol. The molecule has 0 unspecified atom stereocenters. The van der Waals surface area contributed by atoms with Gasteiger partial charge >= 0.3 is 5.97 Å². The summed E-state index contributed by atoms with van der Waals surface area (Å²) in [7, 11) is 0. The molecule has 0 heterocycles. The van der Waals surface area contributed by atoms with E-state index in [1.54, 1.807) is 49.0 Å². The number of hydrogen-bond donors (Lipinski definition) is 1. The van der Waals surface area contributed by atoms with Crippen LogP contribution in [0.2, 0.25) is 0 Å². The average Bonchev–Trinajstić information content (AvgIpc) is 2.46. The van der Waals surface area contributed by atoms with Crippen LogP contribution in [0.4, 0.5) is 0 Å². The van der Waals surface area contributed by atoms with E-state index in [0.717, 1.165) is 10.5 Å². The Morgan fingerprint density at radius 2 is 1.75 bits per heavy atom. The van der Waals surface area contributed by atoms with Crippen LogP contribution in [0, 0.1) is 0 Å². The van der Waals surface area contributed by atoms with E-state index in [-0.39, 0.29) is 5.78 Å². The van der Waals surface area contributed by atoms with Gasteiger partial charge in [0.2, 0.25) is 0 Å². The number of carboxylic acids is 1. The fraction of sp³-hybridized carbons (Fsp3) is 0.125. The van der Waals surface area contributed by atoms with Crippen molar-refractivity contribution in [3.8, 4) is 0 Å². The molecule has 0 saturated carbocycles. The van der Waals surface area contributed by atoms with Gasteiger partial charge in [0.25, 0.3) is 0 Å². The maximum absolute atomic E-state index is 11.2. The molecule has 0 aliphatic rings. The highest BCUT2D eigenvalue weighted by atomic mass is 32.2. The first-order chi connectivity index (χ1) is 9.56. The van der Waals surface area contributed by atoms with Crippen LogP contribution in [0.25, 0.3) is 0 Å². The van der Waals surface area contributed by atoms with Gasteiger partial charge in [0.15, 0.2) is 5.78 Å². The lowest BCUT2D eigenvalue weighted by molar-refractivity contribution is 0.0696. The highest BCUT2D eigenvalue weighted by Crippen LogP contribution is 2.23. The zero-order valence-corrected chi connectivity index (χ0v) is 11.8. The van der Waals surface area contributed by atoms with Crippen molar-refractivity contribution >= 4 is 23.5 Å². The number of hydrogen-bond acceptors (Lipinski definition) is 3. The van der Waals surface area contributed by atoms with E-state index in [2.05, 4.69) is 0 Å². The third kappa shape index (κ3) is 3.71. The fourth-order valence-electron chi connectivity index (χ4n) is 1.75. The minimum absolute atomic E-state index is 0.0516. The molecule has 0 bridgehead atoms. The van der Waals surface area contributed by atoms with Crippen molar-refractivity contribution in [1.82, 2.24) is 0 Å². The Bertz CT molecular complexity index is 632. The van der Waals surface area contributed by atoms with Gasteiger partial charge in [0.05, 0.1) is 5.56 Å². The van der Waals surface area contributed by atoms with Crippen molar-refractivity contribution < 1.29 is 14.7 Å². The lowest BCUT2D eigenvalue weighted by Crippen LogP contribution is -1.96. The standard InChI is InChI=1S/C16H14O3S/c1-11(17)13-5-7-15(8-6-13)20-10-12-3-2-4-14(9-12)16(18)19/h2-9H,10H2,1H3,(H,18,19). The molecule has 3 nitrogen and oxygen atoms in total. The summed E-state index contributed by atoms with van der Waals surface area (Å²) in [6.45, 7) is 1.54. The quantitative estimate of drug-likeness (QED) is 0.669. The van der Waals surface area contributed by atoms with Crippen LogP contribution in [0.5, 0.6) is 0 Å². The number of rotatable bonds is 5.